The number of nitro groups is 1. The van der Waals surface area contributed by atoms with E-state index in [4.69, 9.17) is 0 Å². The van der Waals surface area contributed by atoms with Gasteiger partial charge in [-0.3, -0.25) is 14.9 Å². The number of benzene rings is 3. The molecule has 3 rings (SSSR count). The minimum Gasteiger partial charge on any atom is -0.293 e. The molecular formula is C22H17Br2NO3. The topological polar surface area (TPSA) is 60.2 Å². The van der Waals surface area contributed by atoms with E-state index in [2.05, 4.69) is 31.9 Å². The van der Waals surface area contributed by atoms with Gasteiger partial charge < -0.3 is 0 Å². The summed E-state index contributed by atoms with van der Waals surface area (Å²) in [6.07, 6.45) is 0. The van der Waals surface area contributed by atoms with Crippen LogP contribution < -0.4 is 0 Å². The van der Waals surface area contributed by atoms with E-state index >= 15 is 0 Å². The monoisotopic (exact) mass is 501 g/mol. The van der Waals surface area contributed by atoms with Gasteiger partial charge in [0.05, 0.1) is 10.7 Å². The zero-order chi connectivity index (χ0) is 20.1. The third-order valence-corrected chi connectivity index (χ3v) is 6.10. The highest BCUT2D eigenvalue weighted by atomic mass is 79.9. The summed E-state index contributed by atoms with van der Waals surface area (Å²) in [5.41, 5.74) is 1.80. The molecule has 0 aliphatic heterocycles. The van der Waals surface area contributed by atoms with Crippen LogP contribution in [0.5, 0.6) is 0 Å². The van der Waals surface area contributed by atoms with Crippen molar-refractivity contribution < 1.29 is 9.72 Å². The van der Waals surface area contributed by atoms with Gasteiger partial charge in [-0.15, -0.1) is 0 Å². The maximum atomic E-state index is 13.1. The van der Waals surface area contributed by atoms with Gasteiger partial charge in [0.1, 0.15) is 0 Å². The summed E-state index contributed by atoms with van der Waals surface area (Å²) in [5.74, 6) is -0.862. The fraction of sp³-hybridized carbons (Fsp3) is 0.136. The minimum atomic E-state index is -1.06. The van der Waals surface area contributed by atoms with Crippen LogP contribution in [0, 0.1) is 10.1 Å². The quantitative estimate of drug-likeness (QED) is 0.167. The minimum absolute atomic E-state index is 0.191. The van der Waals surface area contributed by atoms with Crippen LogP contribution in [0.2, 0.25) is 0 Å². The number of carbonyl (C=O) groups excluding carboxylic acids is 1. The number of halogens is 2. The predicted molar refractivity (Wildman–Crippen MR) is 117 cm³/mol. The molecule has 0 aliphatic carbocycles. The SMILES string of the molecule is O=C(c1ccc(Br)cc1)[C@@H](Br)[C@H](c1ccccc1)[C@H](c1ccccc1)[N+](=O)[O-]. The largest absolute Gasteiger partial charge is 0.293 e. The van der Waals surface area contributed by atoms with Gasteiger partial charge in [0, 0.05) is 20.5 Å². The molecule has 3 aromatic rings. The lowest BCUT2D eigenvalue weighted by Gasteiger charge is -2.25. The molecule has 0 saturated carbocycles. The molecule has 0 saturated heterocycles. The van der Waals surface area contributed by atoms with E-state index in [1.165, 1.54) is 0 Å². The number of rotatable bonds is 7. The van der Waals surface area contributed by atoms with E-state index in [-0.39, 0.29) is 10.7 Å². The van der Waals surface area contributed by atoms with Crippen molar-refractivity contribution in [2.24, 2.45) is 0 Å². The molecule has 0 unspecified atom stereocenters. The summed E-state index contributed by atoms with van der Waals surface area (Å²) in [5, 5.41) is 12.1. The van der Waals surface area contributed by atoms with Gasteiger partial charge >= 0.3 is 0 Å². The third-order valence-electron chi connectivity index (χ3n) is 4.59. The molecule has 142 valence electrons. The van der Waals surface area contributed by atoms with E-state index in [9.17, 15) is 14.9 Å². The predicted octanol–water partition coefficient (Wildman–Crippen LogP) is 6.20. The highest BCUT2D eigenvalue weighted by Crippen LogP contribution is 2.40. The van der Waals surface area contributed by atoms with Crippen LogP contribution >= 0.6 is 31.9 Å². The van der Waals surface area contributed by atoms with Crippen LogP contribution in [0.3, 0.4) is 0 Å². The molecule has 28 heavy (non-hydrogen) atoms. The standard InChI is InChI=1S/C22H17Br2NO3/c23-18-13-11-17(12-14-18)22(26)20(24)19(15-7-3-1-4-8-15)21(25(27)28)16-9-5-2-6-10-16/h1-14,19-21H/t19-,20-,21-/m0/s1. The van der Waals surface area contributed by atoms with E-state index in [1.54, 1.807) is 48.5 Å². The van der Waals surface area contributed by atoms with Crippen LogP contribution in [0.1, 0.15) is 33.4 Å². The molecule has 0 spiro atoms. The highest BCUT2D eigenvalue weighted by Gasteiger charge is 2.42. The Hall–Kier alpha value is -2.31. The van der Waals surface area contributed by atoms with Crippen molar-refractivity contribution in [3.8, 4) is 0 Å². The average Bonchev–Trinajstić information content (AvgIpc) is 2.72. The molecule has 0 bridgehead atoms. The Morgan fingerprint density at radius 2 is 1.32 bits per heavy atom. The van der Waals surface area contributed by atoms with Gasteiger partial charge in [-0.1, -0.05) is 105 Å². The lowest BCUT2D eigenvalue weighted by Crippen LogP contribution is -2.31. The fourth-order valence-corrected chi connectivity index (χ4v) is 4.36. The Kier molecular flexibility index (Phi) is 6.75. The normalized spacial score (nSPS) is 14.1. The molecule has 0 amide bonds. The van der Waals surface area contributed by atoms with Crippen molar-refractivity contribution in [1.82, 2.24) is 0 Å². The van der Waals surface area contributed by atoms with E-state index in [1.807, 2.05) is 36.4 Å². The average molecular weight is 503 g/mol. The first kappa shape index (κ1) is 20.4. The number of nitrogens with zero attached hydrogens (tertiary/aromatic N) is 1. The van der Waals surface area contributed by atoms with Crippen molar-refractivity contribution in [1.29, 1.82) is 0 Å². The first-order valence-electron chi connectivity index (χ1n) is 8.66. The van der Waals surface area contributed by atoms with Gasteiger partial charge in [0.15, 0.2) is 5.78 Å². The number of Topliss-reactive ketones (excluding diaryl/α,β-unsaturated/α-hetero) is 1. The Morgan fingerprint density at radius 1 is 0.821 bits per heavy atom. The van der Waals surface area contributed by atoms with Crippen LogP contribution in [0.25, 0.3) is 0 Å². The second-order valence-electron chi connectivity index (χ2n) is 6.35. The fourth-order valence-electron chi connectivity index (χ4n) is 3.23. The first-order valence-corrected chi connectivity index (χ1v) is 10.4. The molecule has 0 radical (unpaired) electrons. The van der Waals surface area contributed by atoms with Crippen molar-refractivity contribution in [3.63, 3.8) is 0 Å². The van der Waals surface area contributed by atoms with E-state index < -0.39 is 16.8 Å². The van der Waals surface area contributed by atoms with Crippen molar-refractivity contribution >= 4 is 37.6 Å². The summed E-state index contributed by atoms with van der Waals surface area (Å²) in [6, 6.07) is 23.9. The smallest absolute Gasteiger partial charge is 0.246 e. The molecule has 3 atom stereocenters. The number of hydrogen-bond donors (Lipinski definition) is 0. The van der Waals surface area contributed by atoms with Gasteiger partial charge in [-0.2, -0.15) is 0 Å². The number of carbonyl (C=O) groups is 1. The molecule has 6 heteroatoms. The van der Waals surface area contributed by atoms with Crippen LogP contribution in [-0.4, -0.2) is 15.5 Å². The molecule has 4 nitrogen and oxygen atoms in total. The molecule has 3 aromatic carbocycles. The molecule has 0 fully saturated rings. The van der Waals surface area contributed by atoms with Crippen LogP contribution in [0.4, 0.5) is 0 Å². The Bertz CT molecular complexity index is 947. The van der Waals surface area contributed by atoms with Gasteiger partial charge in [0.2, 0.25) is 6.04 Å². The number of ketones is 1. The maximum absolute atomic E-state index is 13.1. The molecule has 0 aliphatic rings. The van der Waals surface area contributed by atoms with Crippen molar-refractivity contribution in [3.05, 3.63) is 116 Å². The van der Waals surface area contributed by atoms with Gasteiger partial charge in [-0.25, -0.2) is 0 Å². The van der Waals surface area contributed by atoms with Crippen LogP contribution in [0.15, 0.2) is 89.4 Å². The maximum Gasteiger partial charge on any atom is 0.246 e. The Labute approximate surface area is 180 Å². The molecule has 0 N–H and O–H groups in total. The Morgan fingerprint density at radius 3 is 1.82 bits per heavy atom. The Balaban J connectivity index is 2.07. The lowest BCUT2D eigenvalue weighted by atomic mass is 9.82. The third kappa shape index (κ3) is 4.56. The first-order chi connectivity index (χ1) is 13.5. The molecule has 0 heterocycles. The van der Waals surface area contributed by atoms with Crippen LogP contribution in [-0.2, 0) is 0 Å². The number of hydrogen-bond acceptors (Lipinski definition) is 3. The van der Waals surface area contributed by atoms with Gasteiger partial charge in [0.25, 0.3) is 0 Å². The van der Waals surface area contributed by atoms with E-state index in [0.29, 0.717) is 11.1 Å². The van der Waals surface area contributed by atoms with Gasteiger partial charge in [-0.05, 0) is 17.7 Å². The second-order valence-corrected chi connectivity index (χ2v) is 8.25. The van der Waals surface area contributed by atoms with Crippen molar-refractivity contribution in [2.45, 2.75) is 16.8 Å². The van der Waals surface area contributed by atoms with Crippen molar-refractivity contribution in [2.75, 3.05) is 0 Å². The second kappa shape index (κ2) is 9.26. The highest BCUT2D eigenvalue weighted by molar-refractivity contribution is 9.10. The summed E-state index contributed by atoms with van der Waals surface area (Å²) in [4.78, 5) is 24.2. The summed E-state index contributed by atoms with van der Waals surface area (Å²) >= 11 is 6.86. The molecule has 0 aromatic heterocycles. The zero-order valence-electron chi connectivity index (χ0n) is 14.7. The number of alkyl halides is 1. The lowest BCUT2D eigenvalue weighted by molar-refractivity contribution is -0.533. The summed E-state index contributed by atoms with van der Waals surface area (Å²) < 4.78 is 0.863. The zero-order valence-corrected chi connectivity index (χ0v) is 17.9. The summed E-state index contributed by atoms with van der Waals surface area (Å²) in [6.45, 7) is 0. The van der Waals surface area contributed by atoms with E-state index in [0.717, 1.165) is 10.0 Å². The molecular weight excluding hydrogens is 486 g/mol. The summed E-state index contributed by atoms with van der Waals surface area (Å²) in [7, 11) is 0.